The largest absolute Gasteiger partial charge is 0.481 e. The average Bonchev–Trinajstić information content (AvgIpc) is 2.83. The number of aryl methyl sites for hydroxylation is 2. The highest BCUT2D eigenvalue weighted by Gasteiger charge is 2.14. The Kier molecular flexibility index (Phi) is 4.16. The summed E-state index contributed by atoms with van der Waals surface area (Å²) in [6.07, 6.45) is 0.512. The lowest BCUT2D eigenvalue weighted by Gasteiger charge is -2.05. The van der Waals surface area contributed by atoms with Gasteiger partial charge in [-0.3, -0.25) is 14.2 Å². The molecule has 0 spiro atoms. The molecule has 0 fully saturated rings. The third-order valence-corrected chi connectivity index (χ3v) is 4.35. The van der Waals surface area contributed by atoms with Gasteiger partial charge >= 0.3 is 10.8 Å². The second-order valence-corrected chi connectivity index (χ2v) is 6.40. The van der Waals surface area contributed by atoms with Crippen molar-refractivity contribution in [3.8, 4) is 11.4 Å². The van der Waals surface area contributed by atoms with E-state index in [0.717, 1.165) is 32.6 Å². The van der Waals surface area contributed by atoms with Gasteiger partial charge in [0.2, 0.25) is 0 Å². The van der Waals surface area contributed by atoms with Gasteiger partial charge in [0.05, 0.1) is 10.7 Å². The van der Waals surface area contributed by atoms with Crippen molar-refractivity contribution in [2.45, 2.75) is 33.2 Å². The van der Waals surface area contributed by atoms with Crippen molar-refractivity contribution in [2.24, 2.45) is 0 Å². The predicted octanol–water partition coefficient (Wildman–Crippen LogP) is 2.51. The van der Waals surface area contributed by atoms with Gasteiger partial charge in [0.25, 0.3) is 0 Å². The van der Waals surface area contributed by atoms with Crippen molar-refractivity contribution in [1.82, 2.24) is 9.55 Å². The number of carbonyl (C=O) groups is 1. The molecule has 0 aromatic carbocycles. The van der Waals surface area contributed by atoms with Crippen LogP contribution in [-0.4, -0.2) is 20.6 Å². The lowest BCUT2D eigenvalue weighted by Crippen LogP contribution is -2.15. The van der Waals surface area contributed by atoms with Crippen LogP contribution in [0, 0.1) is 13.8 Å². The molecule has 0 unspecified atom stereocenters. The SMILES string of the molecule is Cc1nc(-c2csc(=O)n2CCCC(=O)O)c(C)s1. The Balaban J connectivity index is 2.29. The normalized spacial score (nSPS) is 10.8. The molecule has 2 heterocycles. The number of hydrogen-bond donors (Lipinski definition) is 1. The van der Waals surface area contributed by atoms with Gasteiger partial charge in [0, 0.05) is 23.2 Å². The maximum absolute atomic E-state index is 11.8. The topological polar surface area (TPSA) is 72.2 Å². The zero-order chi connectivity index (χ0) is 14.0. The van der Waals surface area contributed by atoms with Crippen LogP contribution in [0.1, 0.15) is 22.7 Å². The van der Waals surface area contributed by atoms with Gasteiger partial charge in [0.1, 0.15) is 5.69 Å². The maximum Gasteiger partial charge on any atom is 0.307 e. The van der Waals surface area contributed by atoms with Gasteiger partial charge in [-0.1, -0.05) is 11.3 Å². The van der Waals surface area contributed by atoms with Crippen molar-refractivity contribution < 1.29 is 9.90 Å². The summed E-state index contributed by atoms with van der Waals surface area (Å²) in [5.41, 5.74) is 1.62. The number of carboxylic acids is 1. The van der Waals surface area contributed by atoms with E-state index in [1.54, 1.807) is 21.3 Å². The number of nitrogens with zero attached hydrogens (tertiary/aromatic N) is 2. The fourth-order valence-corrected chi connectivity index (χ4v) is 3.48. The molecular formula is C12H14N2O3S2. The molecular weight excluding hydrogens is 284 g/mol. The van der Waals surface area contributed by atoms with Gasteiger partial charge in [0.15, 0.2) is 0 Å². The van der Waals surface area contributed by atoms with Crippen LogP contribution >= 0.6 is 22.7 Å². The van der Waals surface area contributed by atoms with E-state index < -0.39 is 5.97 Å². The van der Waals surface area contributed by atoms with Crippen LogP contribution in [0.3, 0.4) is 0 Å². The Labute approximate surface area is 118 Å². The molecule has 2 aromatic heterocycles. The van der Waals surface area contributed by atoms with E-state index in [0.29, 0.717) is 13.0 Å². The molecule has 0 saturated carbocycles. The highest BCUT2D eigenvalue weighted by molar-refractivity contribution is 7.12. The van der Waals surface area contributed by atoms with Gasteiger partial charge in [-0.15, -0.1) is 11.3 Å². The molecule has 2 aromatic rings. The first kappa shape index (κ1) is 14.0. The first-order valence-electron chi connectivity index (χ1n) is 5.83. The number of rotatable bonds is 5. The third kappa shape index (κ3) is 3.10. The van der Waals surface area contributed by atoms with Gasteiger partial charge in [-0.25, -0.2) is 4.98 Å². The van der Waals surface area contributed by atoms with E-state index in [-0.39, 0.29) is 11.3 Å². The minimum Gasteiger partial charge on any atom is -0.481 e. The van der Waals surface area contributed by atoms with E-state index >= 15 is 0 Å². The van der Waals surface area contributed by atoms with E-state index in [1.165, 1.54) is 0 Å². The molecule has 0 amide bonds. The number of carboxylic acid groups (broad SMARTS) is 1. The third-order valence-electron chi connectivity index (χ3n) is 2.70. The zero-order valence-corrected chi connectivity index (χ0v) is 12.3. The van der Waals surface area contributed by atoms with Crippen molar-refractivity contribution in [3.63, 3.8) is 0 Å². The summed E-state index contributed by atoms with van der Waals surface area (Å²) >= 11 is 2.72. The average molecular weight is 298 g/mol. The van der Waals surface area contributed by atoms with Crippen LogP contribution < -0.4 is 4.87 Å². The Morgan fingerprint density at radius 3 is 2.79 bits per heavy atom. The molecule has 0 radical (unpaired) electrons. The fraction of sp³-hybridized carbons (Fsp3) is 0.417. The van der Waals surface area contributed by atoms with Gasteiger partial charge < -0.3 is 5.11 Å². The Hall–Kier alpha value is -1.47. The van der Waals surface area contributed by atoms with Crippen LogP contribution in [-0.2, 0) is 11.3 Å². The molecule has 0 atom stereocenters. The van der Waals surface area contributed by atoms with Crippen LogP contribution in [0.25, 0.3) is 11.4 Å². The summed E-state index contributed by atoms with van der Waals surface area (Å²) in [5.74, 6) is -0.842. The molecule has 0 aliphatic carbocycles. The van der Waals surface area contributed by atoms with Crippen molar-refractivity contribution in [2.75, 3.05) is 0 Å². The first-order chi connectivity index (χ1) is 8.99. The molecule has 7 heteroatoms. The standard InChI is InChI=1S/C12H14N2O3S2/c1-7-11(13-8(2)19-7)9-6-18-12(17)14(9)5-3-4-10(15)16/h6H,3-5H2,1-2H3,(H,15,16). The summed E-state index contributed by atoms with van der Waals surface area (Å²) in [4.78, 5) is 27.8. The zero-order valence-electron chi connectivity index (χ0n) is 10.7. The molecule has 1 N–H and O–H groups in total. The second-order valence-electron chi connectivity index (χ2n) is 4.17. The van der Waals surface area contributed by atoms with E-state index in [2.05, 4.69) is 4.98 Å². The smallest absolute Gasteiger partial charge is 0.307 e. The van der Waals surface area contributed by atoms with Crippen LogP contribution in [0.15, 0.2) is 10.2 Å². The molecule has 2 rings (SSSR count). The molecule has 19 heavy (non-hydrogen) atoms. The molecule has 0 aliphatic rings. The molecule has 102 valence electrons. The summed E-state index contributed by atoms with van der Waals surface area (Å²) in [5, 5.41) is 11.4. The quantitative estimate of drug-likeness (QED) is 0.920. The van der Waals surface area contributed by atoms with E-state index in [4.69, 9.17) is 5.11 Å². The van der Waals surface area contributed by atoms with Crippen LogP contribution in [0.5, 0.6) is 0 Å². The molecule has 5 nitrogen and oxygen atoms in total. The summed E-state index contributed by atoms with van der Waals surface area (Å²) in [6, 6.07) is 0. The lowest BCUT2D eigenvalue weighted by molar-refractivity contribution is -0.137. The predicted molar refractivity (Wildman–Crippen MR) is 76.0 cm³/mol. The van der Waals surface area contributed by atoms with Gasteiger partial charge in [-0.2, -0.15) is 0 Å². The minimum absolute atomic E-state index is 0.0644. The highest BCUT2D eigenvalue weighted by Crippen LogP contribution is 2.27. The number of aromatic nitrogens is 2. The fourth-order valence-electron chi connectivity index (χ4n) is 1.88. The second kappa shape index (κ2) is 5.66. The molecule has 0 aliphatic heterocycles. The summed E-state index contributed by atoms with van der Waals surface area (Å²) in [7, 11) is 0. The number of thiazole rings is 2. The van der Waals surface area contributed by atoms with Crippen LogP contribution in [0.2, 0.25) is 0 Å². The van der Waals surface area contributed by atoms with Gasteiger partial charge in [-0.05, 0) is 20.3 Å². The van der Waals surface area contributed by atoms with Crippen molar-refractivity contribution in [3.05, 3.63) is 24.9 Å². The van der Waals surface area contributed by atoms with Crippen LogP contribution in [0.4, 0.5) is 0 Å². The Bertz CT molecular complexity index is 654. The van der Waals surface area contributed by atoms with E-state index in [1.807, 2.05) is 13.8 Å². The van der Waals surface area contributed by atoms with E-state index in [9.17, 15) is 9.59 Å². The Morgan fingerprint density at radius 1 is 1.47 bits per heavy atom. The summed E-state index contributed by atoms with van der Waals surface area (Å²) < 4.78 is 1.62. The maximum atomic E-state index is 11.8. The van der Waals surface area contributed by atoms with Crippen molar-refractivity contribution in [1.29, 1.82) is 0 Å². The molecule has 0 saturated heterocycles. The Morgan fingerprint density at radius 2 is 2.21 bits per heavy atom. The monoisotopic (exact) mass is 298 g/mol. The first-order valence-corrected chi connectivity index (χ1v) is 7.53. The minimum atomic E-state index is -0.842. The summed E-state index contributed by atoms with van der Waals surface area (Å²) in [6.45, 7) is 4.32. The number of aliphatic carboxylic acids is 1. The molecule has 0 bridgehead atoms. The number of hydrogen-bond acceptors (Lipinski definition) is 5. The lowest BCUT2D eigenvalue weighted by atomic mass is 10.2. The van der Waals surface area contributed by atoms with Crippen molar-refractivity contribution >= 4 is 28.6 Å². The highest BCUT2D eigenvalue weighted by atomic mass is 32.1.